The van der Waals surface area contributed by atoms with Gasteiger partial charge in [-0.1, -0.05) is 11.6 Å². The number of hydrogen-bond acceptors (Lipinski definition) is 3. The quantitative estimate of drug-likeness (QED) is 0.841. The highest BCUT2D eigenvalue weighted by atomic mass is 35.5. The van der Waals surface area contributed by atoms with E-state index in [2.05, 4.69) is 0 Å². The second-order valence-corrected chi connectivity index (χ2v) is 5.80. The molecule has 0 saturated heterocycles. The van der Waals surface area contributed by atoms with Gasteiger partial charge < -0.3 is 9.84 Å². The maximum absolute atomic E-state index is 10.9. The smallest absolute Gasteiger partial charge is 0.304 e. The minimum absolute atomic E-state index is 0.170. The van der Waals surface area contributed by atoms with Crippen LogP contribution in [0, 0.1) is 0 Å². The number of carboxylic acid groups (broad SMARTS) is 1. The van der Waals surface area contributed by atoms with Crippen LogP contribution in [0.4, 0.5) is 0 Å². The molecule has 1 aromatic rings. The van der Waals surface area contributed by atoms with Crippen LogP contribution in [-0.4, -0.2) is 24.4 Å². The van der Waals surface area contributed by atoms with E-state index >= 15 is 0 Å². The van der Waals surface area contributed by atoms with Gasteiger partial charge in [0, 0.05) is 5.41 Å². The second kappa shape index (κ2) is 5.02. The number of carbonyl (C=O) groups is 1. The molecule has 1 aliphatic carbocycles. The van der Waals surface area contributed by atoms with Crippen LogP contribution in [0.25, 0.3) is 0 Å². The summed E-state index contributed by atoms with van der Waals surface area (Å²) in [6.45, 7) is 0. The zero-order chi connectivity index (χ0) is 13.3. The molecule has 3 nitrogen and oxygen atoms in total. The fourth-order valence-corrected chi connectivity index (χ4v) is 3.21. The maximum Gasteiger partial charge on any atom is 0.304 e. The summed E-state index contributed by atoms with van der Waals surface area (Å²) in [4.78, 5) is 11.9. The first-order valence-corrected chi connectivity index (χ1v) is 7.26. The Kier molecular flexibility index (Phi) is 3.78. The summed E-state index contributed by atoms with van der Waals surface area (Å²) >= 11 is 7.75. The Bertz CT molecular complexity index is 483. The molecule has 0 radical (unpaired) electrons. The minimum atomic E-state index is -0.759. The highest BCUT2D eigenvalue weighted by molar-refractivity contribution is 7.98. The predicted octanol–water partition coefficient (Wildman–Crippen LogP) is 3.58. The van der Waals surface area contributed by atoms with Crippen molar-refractivity contribution in [2.75, 3.05) is 13.4 Å². The molecule has 0 aliphatic heterocycles. The van der Waals surface area contributed by atoms with Crippen molar-refractivity contribution in [3.8, 4) is 5.75 Å². The SMILES string of the molecule is COc1c(Cl)cc(C2(CC(=O)O)CC2)cc1SC. The van der Waals surface area contributed by atoms with Crippen molar-refractivity contribution in [3.63, 3.8) is 0 Å². The number of ether oxygens (including phenoxy) is 1. The van der Waals surface area contributed by atoms with Crippen molar-refractivity contribution in [1.29, 1.82) is 0 Å². The molecular formula is C13H15ClO3S. The van der Waals surface area contributed by atoms with E-state index in [0.29, 0.717) is 10.8 Å². The van der Waals surface area contributed by atoms with Gasteiger partial charge in [0.1, 0.15) is 0 Å². The van der Waals surface area contributed by atoms with E-state index in [0.717, 1.165) is 23.3 Å². The molecular weight excluding hydrogens is 272 g/mol. The Labute approximate surface area is 115 Å². The van der Waals surface area contributed by atoms with Gasteiger partial charge in [0.25, 0.3) is 0 Å². The van der Waals surface area contributed by atoms with Crippen LogP contribution in [0.3, 0.4) is 0 Å². The van der Waals surface area contributed by atoms with Gasteiger partial charge in [-0.15, -0.1) is 11.8 Å². The van der Waals surface area contributed by atoms with E-state index in [4.69, 9.17) is 21.4 Å². The maximum atomic E-state index is 10.9. The number of aliphatic carboxylic acids is 1. The van der Waals surface area contributed by atoms with Crippen molar-refractivity contribution < 1.29 is 14.6 Å². The third kappa shape index (κ3) is 2.45. The lowest BCUT2D eigenvalue weighted by atomic mass is 9.92. The summed E-state index contributed by atoms with van der Waals surface area (Å²) in [7, 11) is 1.59. The lowest BCUT2D eigenvalue weighted by Gasteiger charge is -2.17. The molecule has 5 heteroatoms. The Morgan fingerprint density at radius 3 is 2.67 bits per heavy atom. The third-order valence-corrected chi connectivity index (χ3v) is 4.41. The lowest BCUT2D eigenvalue weighted by Crippen LogP contribution is -2.13. The molecule has 0 bridgehead atoms. The van der Waals surface area contributed by atoms with Gasteiger partial charge in [-0.25, -0.2) is 0 Å². The molecule has 2 rings (SSSR count). The standard InChI is InChI=1S/C13H15ClO3S/c1-17-12-9(14)5-8(6-10(12)18-2)13(3-4-13)7-11(15)16/h5-6H,3-4,7H2,1-2H3,(H,15,16). The zero-order valence-corrected chi connectivity index (χ0v) is 11.9. The van der Waals surface area contributed by atoms with Crippen LogP contribution < -0.4 is 4.74 Å². The predicted molar refractivity (Wildman–Crippen MR) is 72.9 cm³/mol. The molecule has 1 N–H and O–H groups in total. The first kappa shape index (κ1) is 13.6. The van der Waals surface area contributed by atoms with Crippen LogP contribution >= 0.6 is 23.4 Å². The van der Waals surface area contributed by atoms with Gasteiger partial charge in [0.15, 0.2) is 5.75 Å². The summed E-state index contributed by atoms with van der Waals surface area (Å²) in [6.07, 6.45) is 3.95. The number of rotatable bonds is 5. The topological polar surface area (TPSA) is 46.5 Å². The molecule has 1 fully saturated rings. The van der Waals surface area contributed by atoms with Gasteiger partial charge in [-0.3, -0.25) is 4.79 Å². The molecule has 1 aromatic carbocycles. The van der Waals surface area contributed by atoms with Crippen molar-refractivity contribution in [2.45, 2.75) is 29.6 Å². The van der Waals surface area contributed by atoms with Gasteiger partial charge >= 0.3 is 5.97 Å². The Morgan fingerprint density at radius 2 is 2.22 bits per heavy atom. The third-order valence-electron chi connectivity index (χ3n) is 3.39. The van der Waals surface area contributed by atoms with Gasteiger partial charge in [-0.05, 0) is 36.8 Å². The van der Waals surface area contributed by atoms with Crippen molar-refractivity contribution in [1.82, 2.24) is 0 Å². The number of hydrogen-bond donors (Lipinski definition) is 1. The second-order valence-electron chi connectivity index (χ2n) is 4.54. The first-order chi connectivity index (χ1) is 8.52. The number of methoxy groups -OCH3 is 1. The van der Waals surface area contributed by atoms with Crippen LogP contribution in [0.1, 0.15) is 24.8 Å². The number of halogens is 1. The van der Waals surface area contributed by atoms with E-state index in [-0.39, 0.29) is 11.8 Å². The van der Waals surface area contributed by atoms with E-state index in [1.54, 1.807) is 18.9 Å². The molecule has 1 aliphatic rings. The molecule has 0 spiro atoms. The summed E-state index contributed by atoms with van der Waals surface area (Å²) in [6, 6.07) is 3.85. The van der Waals surface area contributed by atoms with E-state index < -0.39 is 5.97 Å². The van der Waals surface area contributed by atoms with Gasteiger partial charge in [-0.2, -0.15) is 0 Å². The molecule has 0 atom stereocenters. The van der Waals surface area contributed by atoms with E-state index in [1.165, 1.54) is 0 Å². The number of benzene rings is 1. The summed E-state index contributed by atoms with van der Waals surface area (Å²) in [5, 5.41) is 9.54. The minimum Gasteiger partial charge on any atom is -0.494 e. The van der Waals surface area contributed by atoms with E-state index in [9.17, 15) is 4.79 Å². The lowest BCUT2D eigenvalue weighted by molar-refractivity contribution is -0.137. The summed E-state index contributed by atoms with van der Waals surface area (Å²) < 4.78 is 5.27. The van der Waals surface area contributed by atoms with Gasteiger partial charge in [0.2, 0.25) is 0 Å². The molecule has 0 aromatic heterocycles. The summed E-state index contributed by atoms with van der Waals surface area (Å²) in [5.74, 6) is -0.0933. The average molecular weight is 287 g/mol. The monoisotopic (exact) mass is 286 g/mol. The van der Waals surface area contributed by atoms with Crippen molar-refractivity contribution >= 4 is 29.3 Å². The van der Waals surface area contributed by atoms with Crippen LogP contribution in [0.2, 0.25) is 5.02 Å². The van der Waals surface area contributed by atoms with Crippen LogP contribution in [-0.2, 0) is 10.2 Å². The fourth-order valence-electron chi connectivity index (χ4n) is 2.23. The number of thioether (sulfide) groups is 1. The Morgan fingerprint density at radius 1 is 1.56 bits per heavy atom. The average Bonchev–Trinajstić information content (AvgIpc) is 3.07. The highest BCUT2D eigenvalue weighted by Gasteiger charge is 2.46. The summed E-state index contributed by atoms with van der Waals surface area (Å²) in [5.41, 5.74) is 0.798. The first-order valence-electron chi connectivity index (χ1n) is 5.66. The molecule has 1 saturated carbocycles. The molecule has 18 heavy (non-hydrogen) atoms. The normalized spacial score (nSPS) is 16.4. The largest absolute Gasteiger partial charge is 0.494 e. The van der Waals surface area contributed by atoms with E-state index in [1.807, 2.05) is 18.4 Å². The molecule has 98 valence electrons. The molecule has 0 amide bonds. The highest BCUT2D eigenvalue weighted by Crippen LogP contribution is 2.53. The zero-order valence-electron chi connectivity index (χ0n) is 10.3. The van der Waals surface area contributed by atoms with Crippen molar-refractivity contribution in [3.05, 3.63) is 22.7 Å². The fraction of sp³-hybridized carbons (Fsp3) is 0.462. The van der Waals surface area contributed by atoms with Gasteiger partial charge in [0.05, 0.1) is 23.4 Å². The van der Waals surface area contributed by atoms with Crippen molar-refractivity contribution in [2.24, 2.45) is 0 Å². The Balaban J connectivity index is 2.41. The Hall–Kier alpha value is -0.870. The molecule has 0 heterocycles. The number of carboxylic acids is 1. The molecule has 0 unspecified atom stereocenters. The van der Waals surface area contributed by atoms with Crippen LogP contribution in [0.15, 0.2) is 17.0 Å². The van der Waals surface area contributed by atoms with Crippen LogP contribution in [0.5, 0.6) is 5.75 Å².